The first-order chi connectivity index (χ1) is 7.54. The summed E-state index contributed by atoms with van der Waals surface area (Å²) in [5.74, 6) is -0.134. The maximum atomic E-state index is 11.3. The number of anilines is 2. The molecule has 0 bridgehead atoms. The van der Waals surface area contributed by atoms with Crippen LogP contribution in [-0.2, 0) is 4.79 Å². The van der Waals surface area contributed by atoms with Crippen molar-refractivity contribution in [3.63, 3.8) is 0 Å². The van der Waals surface area contributed by atoms with E-state index in [1.807, 2.05) is 6.92 Å². The molecule has 0 aliphatic carbocycles. The largest absolute Gasteiger partial charge is 0.399 e. The lowest BCUT2D eigenvalue weighted by molar-refractivity contribution is -0.117. The minimum Gasteiger partial charge on any atom is -0.399 e. The van der Waals surface area contributed by atoms with Crippen LogP contribution in [0.2, 0.25) is 0 Å². The molecule has 16 heavy (non-hydrogen) atoms. The van der Waals surface area contributed by atoms with E-state index < -0.39 is 0 Å². The van der Waals surface area contributed by atoms with E-state index in [9.17, 15) is 4.79 Å². The van der Waals surface area contributed by atoms with Crippen molar-refractivity contribution in [1.29, 1.82) is 0 Å². The van der Waals surface area contributed by atoms with E-state index in [-0.39, 0.29) is 11.7 Å². The van der Waals surface area contributed by atoms with Gasteiger partial charge in [-0.25, -0.2) is 0 Å². The third-order valence-electron chi connectivity index (χ3n) is 2.06. The molecule has 0 radical (unpaired) electrons. The molecule has 5 heteroatoms. The van der Waals surface area contributed by atoms with Gasteiger partial charge in [0.05, 0.1) is 0 Å². The summed E-state index contributed by atoms with van der Waals surface area (Å²) in [5.41, 5.74) is 18.5. The quantitative estimate of drug-likeness (QED) is 0.399. The minimum absolute atomic E-state index is 0.114. The van der Waals surface area contributed by atoms with Gasteiger partial charge in [-0.1, -0.05) is 6.92 Å². The number of amides is 1. The molecule has 1 aromatic rings. The molecule has 1 amide bonds. The van der Waals surface area contributed by atoms with Gasteiger partial charge in [0, 0.05) is 23.4 Å². The zero-order valence-corrected chi connectivity index (χ0v) is 9.23. The Kier molecular flexibility index (Phi) is 3.88. The Hall–Kier alpha value is -2.04. The second-order valence-electron chi connectivity index (χ2n) is 3.49. The van der Waals surface area contributed by atoms with Crippen LogP contribution in [0.4, 0.5) is 11.4 Å². The van der Waals surface area contributed by atoms with E-state index in [1.54, 1.807) is 18.2 Å². The number of nitrogens with two attached hydrogens (primary N) is 3. The van der Waals surface area contributed by atoms with E-state index >= 15 is 0 Å². The van der Waals surface area contributed by atoms with Gasteiger partial charge in [-0.05, 0) is 24.6 Å². The monoisotopic (exact) mass is 220 g/mol. The van der Waals surface area contributed by atoms with Crippen LogP contribution in [0.15, 0.2) is 23.2 Å². The Balaban J connectivity index is 2.99. The van der Waals surface area contributed by atoms with E-state index in [0.29, 0.717) is 23.4 Å². The van der Waals surface area contributed by atoms with Crippen molar-refractivity contribution in [2.75, 3.05) is 11.5 Å². The molecule has 0 fully saturated rings. The highest BCUT2D eigenvalue weighted by Gasteiger charge is 2.06. The predicted molar refractivity (Wildman–Crippen MR) is 65.9 cm³/mol. The number of benzene rings is 1. The third kappa shape index (κ3) is 2.98. The molecule has 1 aromatic carbocycles. The molecule has 0 atom stereocenters. The molecule has 86 valence electrons. The summed E-state index contributed by atoms with van der Waals surface area (Å²) in [5, 5.41) is 0. The van der Waals surface area contributed by atoms with E-state index in [0.717, 1.165) is 6.42 Å². The molecule has 0 spiro atoms. The predicted octanol–water partition coefficient (Wildman–Crippen LogP) is 0.883. The highest BCUT2D eigenvalue weighted by atomic mass is 16.1. The molecule has 0 heterocycles. The van der Waals surface area contributed by atoms with Crippen LogP contribution in [0.1, 0.15) is 25.3 Å². The third-order valence-corrected chi connectivity index (χ3v) is 2.06. The van der Waals surface area contributed by atoms with Crippen molar-refractivity contribution in [1.82, 2.24) is 0 Å². The van der Waals surface area contributed by atoms with Crippen LogP contribution in [0.3, 0.4) is 0 Å². The van der Waals surface area contributed by atoms with E-state index in [1.165, 1.54) is 0 Å². The molecule has 0 aliphatic rings. The number of carbonyl (C=O) groups excluding carboxylic acids is 1. The number of carbonyl (C=O) groups is 1. The molecule has 0 aromatic heterocycles. The molecule has 0 saturated carbocycles. The fourth-order valence-electron chi connectivity index (χ4n) is 1.26. The van der Waals surface area contributed by atoms with Gasteiger partial charge in [-0.2, -0.15) is 4.99 Å². The Bertz CT molecular complexity index is 426. The number of hydrogen-bond acceptors (Lipinski definition) is 3. The number of amidine groups is 1. The standard InChI is InChI=1S/C11H16N4O/c1-2-3-10(16)15-11(14)8-6-7(12)4-5-9(8)13/h4-6H,2-3,12-13H2,1H3,(H2,14,15,16). The normalized spacial score (nSPS) is 11.4. The first kappa shape index (κ1) is 12.0. The minimum atomic E-state index is -0.248. The van der Waals surface area contributed by atoms with Gasteiger partial charge in [0.15, 0.2) is 0 Å². The van der Waals surface area contributed by atoms with Gasteiger partial charge < -0.3 is 17.2 Å². The fraction of sp³-hybridized carbons (Fsp3) is 0.273. The summed E-state index contributed by atoms with van der Waals surface area (Å²) in [7, 11) is 0. The Labute approximate surface area is 94.3 Å². The van der Waals surface area contributed by atoms with Gasteiger partial charge in [0.1, 0.15) is 5.84 Å². The summed E-state index contributed by atoms with van der Waals surface area (Å²) < 4.78 is 0. The maximum absolute atomic E-state index is 11.3. The molecule has 5 nitrogen and oxygen atoms in total. The van der Waals surface area contributed by atoms with Gasteiger partial charge >= 0.3 is 0 Å². The second-order valence-corrected chi connectivity index (χ2v) is 3.49. The fourth-order valence-corrected chi connectivity index (χ4v) is 1.26. The van der Waals surface area contributed by atoms with Crippen LogP contribution >= 0.6 is 0 Å². The van der Waals surface area contributed by atoms with Crippen molar-refractivity contribution in [2.24, 2.45) is 10.7 Å². The lowest BCUT2D eigenvalue weighted by Gasteiger charge is -2.05. The average molecular weight is 220 g/mol. The zero-order valence-electron chi connectivity index (χ0n) is 9.23. The number of hydrogen-bond donors (Lipinski definition) is 3. The highest BCUT2D eigenvalue weighted by molar-refractivity contribution is 6.07. The molecule has 6 N–H and O–H groups in total. The number of nitrogens with zero attached hydrogens (tertiary/aromatic N) is 1. The Morgan fingerprint density at radius 1 is 1.38 bits per heavy atom. The smallest absolute Gasteiger partial charge is 0.247 e. The van der Waals surface area contributed by atoms with Gasteiger partial charge in [-0.15, -0.1) is 0 Å². The van der Waals surface area contributed by atoms with Crippen molar-refractivity contribution in [3.8, 4) is 0 Å². The maximum Gasteiger partial charge on any atom is 0.247 e. The number of nitrogen functional groups attached to an aromatic ring is 2. The van der Waals surface area contributed by atoms with Gasteiger partial charge in [-0.3, -0.25) is 4.79 Å². The molecule has 0 unspecified atom stereocenters. The molecular weight excluding hydrogens is 204 g/mol. The van der Waals surface area contributed by atoms with Crippen molar-refractivity contribution in [2.45, 2.75) is 19.8 Å². The summed E-state index contributed by atoms with van der Waals surface area (Å²) in [6.45, 7) is 1.90. The van der Waals surface area contributed by atoms with Gasteiger partial charge in [0.25, 0.3) is 0 Å². The molecule has 0 aliphatic heterocycles. The first-order valence-electron chi connectivity index (χ1n) is 5.07. The SMILES string of the molecule is CCCC(=O)N=C(N)c1cc(N)ccc1N. The van der Waals surface area contributed by atoms with Crippen LogP contribution in [-0.4, -0.2) is 11.7 Å². The Morgan fingerprint density at radius 2 is 2.06 bits per heavy atom. The van der Waals surface area contributed by atoms with Crippen molar-refractivity contribution >= 4 is 23.1 Å². The average Bonchev–Trinajstić information content (AvgIpc) is 2.21. The zero-order chi connectivity index (χ0) is 12.1. The second kappa shape index (κ2) is 5.16. The summed E-state index contributed by atoms with van der Waals surface area (Å²) in [6.07, 6.45) is 1.12. The van der Waals surface area contributed by atoms with Crippen molar-refractivity contribution in [3.05, 3.63) is 23.8 Å². The van der Waals surface area contributed by atoms with Crippen LogP contribution in [0.5, 0.6) is 0 Å². The summed E-state index contributed by atoms with van der Waals surface area (Å²) >= 11 is 0. The lowest BCUT2D eigenvalue weighted by Crippen LogP contribution is -2.17. The molecule has 0 saturated heterocycles. The van der Waals surface area contributed by atoms with E-state index in [4.69, 9.17) is 17.2 Å². The number of aliphatic imine (C=N–C) groups is 1. The topological polar surface area (TPSA) is 107 Å². The van der Waals surface area contributed by atoms with Crippen LogP contribution < -0.4 is 17.2 Å². The van der Waals surface area contributed by atoms with Gasteiger partial charge in [0.2, 0.25) is 5.91 Å². The first-order valence-corrected chi connectivity index (χ1v) is 5.07. The highest BCUT2D eigenvalue weighted by Crippen LogP contribution is 2.15. The lowest BCUT2D eigenvalue weighted by atomic mass is 10.1. The van der Waals surface area contributed by atoms with Crippen molar-refractivity contribution < 1.29 is 4.79 Å². The van der Waals surface area contributed by atoms with E-state index in [2.05, 4.69) is 4.99 Å². The molecular formula is C11H16N4O. The number of rotatable bonds is 3. The Morgan fingerprint density at radius 3 is 2.69 bits per heavy atom. The summed E-state index contributed by atoms with van der Waals surface area (Å²) in [4.78, 5) is 15.0. The molecule has 1 rings (SSSR count). The van der Waals surface area contributed by atoms with Crippen LogP contribution in [0, 0.1) is 0 Å². The summed E-state index contributed by atoms with van der Waals surface area (Å²) in [6, 6.07) is 4.91. The van der Waals surface area contributed by atoms with Crippen LogP contribution in [0.25, 0.3) is 0 Å².